The summed E-state index contributed by atoms with van der Waals surface area (Å²) in [6.45, 7) is 8.11. The first kappa shape index (κ1) is 11.1. The van der Waals surface area contributed by atoms with Gasteiger partial charge < -0.3 is 6.92 Å². The number of nitrogens with one attached hydrogen (secondary N) is 1. The molecule has 0 saturated heterocycles. The molecule has 0 aliphatic heterocycles. The Morgan fingerprint density at radius 1 is 1.73 bits per heavy atom. The molecule has 1 heterocycles. The summed E-state index contributed by atoms with van der Waals surface area (Å²) in [6.07, 6.45) is 2.87. The molecule has 0 aromatic carbocycles. The van der Waals surface area contributed by atoms with E-state index in [-0.39, 0.29) is 26.2 Å². The first-order valence-electron chi connectivity index (χ1n) is 3.61. The molecular formula is C8H13N2Zr-. The summed E-state index contributed by atoms with van der Waals surface area (Å²) in [6, 6.07) is 0. The van der Waals surface area contributed by atoms with Crippen molar-refractivity contribution < 1.29 is 26.2 Å². The minimum absolute atomic E-state index is 0. The van der Waals surface area contributed by atoms with Crippen molar-refractivity contribution in [1.82, 2.24) is 10.2 Å². The maximum atomic E-state index is 3.95. The topological polar surface area (TPSA) is 28.7 Å². The Morgan fingerprint density at radius 3 is 2.73 bits per heavy atom. The van der Waals surface area contributed by atoms with Gasteiger partial charge in [0, 0.05) is 38.1 Å². The van der Waals surface area contributed by atoms with Crippen LogP contribution in [0.4, 0.5) is 0 Å². The zero-order valence-corrected chi connectivity index (χ0v) is 9.47. The fourth-order valence-corrected chi connectivity index (χ4v) is 1.03. The first-order chi connectivity index (χ1) is 4.75. The summed E-state index contributed by atoms with van der Waals surface area (Å²) in [7, 11) is 0. The van der Waals surface area contributed by atoms with E-state index in [4.69, 9.17) is 0 Å². The van der Waals surface area contributed by atoms with E-state index in [0.717, 1.165) is 6.42 Å². The van der Waals surface area contributed by atoms with Crippen LogP contribution in [0, 0.1) is 6.92 Å². The van der Waals surface area contributed by atoms with Crippen LogP contribution in [-0.2, 0) is 32.6 Å². The van der Waals surface area contributed by atoms with Gasteiger partial charge in [0.25, 0.3) is 0 Å². The molecule has 1 N–H and O–H groups in total. The fraction of sp³-hybridized carbons (Fsp3) is 0.500. The van der Waals surface area contributed by atoms with Crippen LogP contribution in [0.2, 0.25) is 0 Å². The maximum Gasteiger partial charge on any atom is 0.0498 e. The van der Waals surface area contributed by atoms with Gasteiger partial charge in [-0.1, -0.05) is 13.8 Å². The molecule has 0 saturated carbocycles. The Hall–Kier alpha value is 0.0931. The Morgan fingerprint density at radius 2 is 2.36 bits per heavy atom. The Bertz CT molecular complexity index is 206. The van der Waals surface area contributed by atoms with E-state index in [0.29, 0.717) is 5.92 Å². The zero-order valence-electron chi connectivity index (χ0n) is 7.02. The third kappa shape index (κ3) is 2.55. The second-order valence-electron chi connectivity index (χ2n) is 2.56. The first-order valence-corrected chi connectivity index (χ1v) is 3.61. The van der Waals surface area contributed by atoms with Crippen molar-refractivity contribution in [2.24, 2.45) is 0 Å². The minimum atomic E-state index is 0. The van der Waals surface area contributed by atoms with E-state index in [9.17, 15) is 0 Å². The van der Waals surface area contributed by atoms with Crippen LogP contribution in [-0.4, -0.2) is 10.2 Å². The van der Waals surface area contributed by atoms with Crippen LogP contribution < -0.4 is 0 Å². The Balaban J connectivity index is 0.000001000. The molecule has 2 nitrogen and oxygen atoms in total. The summed E-state index contributed by atoms with van der Waals surface area (Å²) in [5.74, 6) is 0.341. The monoisotopic (exact) mass is 227 g/mol. The number of aromatic amines is 1. The molecule has 1 aromatic rings. The van der Waals surface area contributed by atoms with Crippen molar-refractivity contribution in [3.8, 4) is 0 Å². The van der Waals surface area contributed by atoms with E-state index in [1.165, 1.54) is 11.3 Å². The van der Waals surface area contributed by atoms with Crippen LogP contribution in [0.5, 0.6) is 0 Å². The summed E-state index contributed by atoms with van der Waals surface area (Å²) in [5, 5.41) is 6.90. The van der Waals surface area contributed by atoms with E-state index in [1.807, 2.05) is 6.20 Å². The maximum absolute atomic E-state index is 3.95. The minimum Gasteiger partial charge on any atom is -0.336 e. The van der Waals surface area contributed by atoms with E-state index in [2.05, 4.69) is 31.0 Å². The predicted octanol–water partition coefficient (Wildman–Crippen LogP) is 1.91. The number of hydrogen-bond donors (Lipinski definition) is 1. The summed E-state index contributed by atoms with van der Waals surface area (Å²) >= 11 is 0. The number of aromatic nitrogens is 2. The quantitative estimate of drug-likeness (QED) is 0.770. The third-order valence-corrected chi connectivity index (χ3v) is 1.64. The molecule has 1 unspecified atom stereocenters. The third-order valence-electron chi connectivity index (χ3n) is 1.64. The van der Waals surface area contributed by atoms with Gasteiger partial charge >= 0.3 is 0 Å². The van der Waals surface area contributed by atoms with Gasteiger partial charge in [0.2, 0.25) is 0 Å². The summed E-state index contributed by atoms with van der Waals surface area (Å²) in [5.41, 5.74) is 2.45. The van der Waals surface area contributed by atoms with Crippen molar-refractivity contribution in [2.75, 3.05) is 0 Å². The molecule has 1 atom stereocenters. The standard InChI is InChI=1S/C8H13N2.Zr/c1-4-8-7(6(2)3)5-9-10-8;/h5-6H,2,4H2,1,3H3,(H,9,10);/q-1;. The number of nitrogens with zero attached hydrogens (tertiary/aromatic N) is 1. The van der Waals surface area contributed by atoms with E-state index < -0.39 is 0 Å². The van der Waals surface area contributed by atoms with Crippen LogP contribution in [0.1, 0.15) is 31.0 Å². The van der Waals surface area contributed by atoms with Gasteiger partial charge in [0.05, 0.1) is 0 Å². The number of aryl methyl sites for hydroxylation is 1. The smallest absolute Gasteiger partial charge is 0.0498 e. The van der Waals surface area contributed by atoms with Crippen LogP contribution in [0.3, 0.4) is 0 Å². The Kier molecular flexibility index (Phi) is 4.91. The van der Waals surface area contributed by atoms with Crippen molar-refractivity contribution >= 4 is 0 Å². The molecule has 60 valence electrons. The van der Waals surface area contributed by atoms with E-state index >= 15 is 0 Å². The van der Waals surface area contributed by atoms with Gasteiger partial charge in [-0.15, -0.1) is 5.92 Å². The van der Waals surface area contributed by atoms with Crippen molar-refractivity contribution in [1.29, 1.82) is 0 Å². The SMILES string of the molecule is [CH2-]C(C)c1cn[nH]c1CC.[Zr]. The van der Waals surface area contributed by atoms with Gasteiger partial charge in [-0.2, -0.15) is 5.10 Å². The molecule has 0 bridgehead atoms. The molecule has 0 aliphatic rings. The number of rotatable bonds is 2. The largest absolute Gasteiger partial charge is 0.336 e. The average Bonchev–Trinajstić information content (AvgIpc) is 2.33. The summed E-state index contributed by atoms with van der Waals surface area (Å²) in [4.78, 5) is 0. The van der Waals surface area contributed by atoms with Gasteiger partial charge in [-0.25, -0.2) is 0 Å². The average molecular weight is 228 g/mol. The molecular weight excluding hydrogens is 215 g/mol. The Labute approximate surface area is 86.9 Å². The summed E-state index contributed by atoms with van der Waals surface area (Å²) < 4.78 is 0. The van der Waals surface area contributed by atoms with Gasteiger partial charge in [-0.3, -0.25) is 5.10 Å². The van der Waals surface area contributed by atoms with Gasteiger partial charge in [-0.05, 0) is 12.0 Å². The van der Waals surface area contributed by atoms with Gasteiger partial charge in [0.1, 0.15) is 0 Å². The van der Waals surface area contributed by atoms with Crippen molar-refractivity contribution in [3.63, 3.8) is 0 Å². The number of hydrogen-bond acceptors (Lipinski definition) is 1. The molecule has 1 rings (SSSR count). The normalized spacial score (nSPS) is 12.3. The molecule has 0 amide bonds. The molecule has 1 aromatic heterocycles. The van der Waals surface area contributed by atoms with E-state index in [1.54, 1.807) is 0 Å². The molecule has 0 fully saturated rings. The molecule has 0 radical (unpaired) electrons. The second kappa shape index (κ2) is 4.87. The molecule has 0 spiro atoms. The van der Waals surface area contributed by atoms with Crippen LogP contribution in [0.25, 0.3) is 0 Å². The van der Waals surface area contributed by atoms with Crippen LogP contribution >= 0.6 is 0 Å². The van der Waals surface area contributed by atoms with Crippen molar-refractivity contribution in [2.45, 2.75) is 26.2 Å². The fourth-order valence-electron chi connectivity index (χ4n) is 1.03. The van der Waals surface area contributed by atoms with Gasteiger partial charge in [0.15, 0.2) is 0 Å². The zero-order chi connectivity index (χ0) is 7.56. The molecule has 0 aliphatic carbocycles. The second-order valence-corrected chi connectivity index (χ2v) is 2.56. The molecule has 11 heavy (non-hydrogen) atoms. The van der Waals surface area contributed by atoms with Crippen molar-refractivity contribution in [3.05, 3.63) is 24.4 Å². The van der Waals surface area contributed by atoms with Crippen LogP contribution in [0.15, 0.2) is 6.20 Å². The number of H-pyrrole nitrogens is 1. The predicted molar refractivity (Wildman–Crippen MR) is 41.7 cm³/mol. The molecule has 3 heteroatoms.